The lowest BCUT2D eigenvalue weighted by Crippen LogP contribution is -2.43. The van der Waals surface area contributed by atoms with Gasteiger partial charge >= 0.3 is 0 Å². The van der Waals surface area contributed by atoms with Crippen LogP contribution in [0.3, 0.4) is 0 Å². The molecule has 1 aromatic heterocycles. The zero-order valence-electron chi connectivity index (χ0n) is 11.0. The number of hydrogen-bond acceptors (Lipinski definition) is 3. The van der Waals surface area contributed by atoms with Gasteiger partial charge in [0.2, 0.25) is 5.91 Å². The molecule has 5 nitrogen and oxygen atoms in total. The topological polar surface area (TPSA) is 72.9 Å². The highest BCUT2D eigenvalue weighted by atomic mass is 16.2. The van der Waals surface area contributed by atoms with Crippen LogP contribution in [0.25, 0.3) is 0 Å². The van der Waals surface area contributed by atoms with E-state index in [0.717, 1.165) is 17.7 Å². The maximum absolute atomic E-state index is 11.7. The van der Waals surface area contributed by atoms with Crippen molar-refractivity contribution < 1.29 is 4.79 Å². The molecule has 0 fully saturated rings. The predicted molar refractivity (Wildman–Crippen MR) is 67.2 cm³/mol. The third kappa shape index (κ3) is 3.56. The summed E-state index contributed by atoms with van der Waals surface area (Å²) in [6.45, 7) is 6.42. The molecule has 0 radical (unpaired) electrons. The van der Waals surface area contributed by atoms with Crippen LogP contribution < -0.4 is 11.1 Å². The first-order valence-corrected chi connectivity index (χ1v) is 6.00. The summed E-state index contributed by atoms with van der Waals surface area (Å²) in [6, 6.07) is -0.447. The fourth-order valence-corrected chi connectivity index (χ4v) is 1.63. The van der Waals surface area contributed by atoms with Crippen LogP contribution >= 0.6 is 0 Å². The van der Waals surface area contributed by atoms with Crippen LogP contribution in [-0.2, 0) is 24.8 Å². The van der Waals surface area contributed by atoms with E-state index < -0.39 is 6.04 Å². The average molecular weight is 238 g/mol. The number of carbonyl (C=O) groups is 1. The van der Waals surface area contributed by atoms with Crippen molar-refractivity contribution in [2.24, 2.45) is 18.7 Å². The van der Waals surface area contributed by atoms with E-state index in [9.17, 15) is 4.79 Å². The van der Waals surface area contributed by atoms with Crippen LogP contribution in [0.2, 0.25) is 0 Å². The SMILES string of the molecule is CCc1nn(C)cc1CNC(=O)[C@@H](N)C(C)C. The number of nitrogens with one attached hydrogen (secondary N) is 1. The summed E-state index contributed by atoms with van der Waals surface area (Å²) >= 11 is 0. The number of aromatic nitrogens is 2. The summed E-state index contributed by atoms with van der Waals surface area (Å²) in [7, 11) is 1.88. The zero-order valence-corrected chi connectivity index (χ0v) is 11.0. The van der Waals surface area contributed by atoms with E-state index >= 15 is 0 Å². The molecule has 17 heavy (non-hydrogen) atoms. The highest BCUT2D eigenvalue weighted by Gasteiger charge is 2.17. The van der Waals surface area contributed by atoms with E-state index in [1.54, 1.807) is 4.68 Å². The first-order valence-electron chi connectivity index (χ1n) is 6.00. The van der Waals surface area contributed by atoms with Crippen LogP contribution in [0.15, 0.2) is 6.20 Å². The number of carbonyl (C=O) groups excluding carboxylic acids is 1. The van der Waals surface area contributed by atoms with E-state index in [-0.39, 0.29) is 11.8 Å². The molecule has 0 aromatic carbocycles. The predicted octanol–water partition coefficient (Wildman–Crippen LogP) is 0.582. The van der Waals surface area contributed by atoms with Gasteiger partial charge in [0, 0.05) is 25.4 Å². The minimum Gasteiger partial charge on any atom is -0.351 e. The summed E-state index contributed by atoms with van der Waals surface area (Å²) in [6.07, 6.45) is 2.79. The minimum atomic E-state index is -0.447. The van der Waals surface area contributed by atoms with Crippen molar-refractivity contribution in [3.63, 3.8) is 0 Å². The molecule has 0 aliphatic heterocycles. The molecule has 0 aliphatic rings. The van der Waals surface area contributed by atoms with Gasteiger partial charge in [-0.1, -0.05) is 20.8 Å². The molecule has 5 heteroatoms. The van der Waals surface area contributed by atoms with Gasteiger partial charge in [-0.15, -0.1) is 0 Å². The van der Waals surface area contributed by atoms with Gasteiger partial charge in [0.15, 0.2) is 0 Å². The third-order valence-electron chi connectivity index (χ3n) is 2.80. The van der Waals surface area contributed by atoms with Crippen molar-refractivity contribution in [3.8, 4) is 0 Å². The smallest absolute Gasteiger partial charge is 0.237 e. The highest BCUT2D eigenvalue weighted by molar-refractivity contribution is 5.81. The molecule has 1 heterocycles. The molecule has 0 aliphatic carbocycles. The fourth-order valence-electron chi connectivity index (χ4n) is 1.63. The third-order valence-corrected chi connectivity index (χ3v) is 2.80. The summed E-state index contributed by atoms with van der Waals surface area (Å²) in [5.74, 6) is 0.0421. The number of nitrogens with two attached hydrogens (primary N) is 1. The molecule has 0 spiro atoms. The normalized spacial score (nSPS) is 12.8. The van der Waals surface area contributed by atoms with Gasteiger partial charge < -0.3 is 11.1 Å². The van der Waals surface area contributed by atoms with Crippen LogP contribution in [0.1, 0.15) is 32.0 Å². The van der Waals surface area contributed by atoms with Gasteiger partial charge in [0.05, 0.1) is 11.7 Å². The summed E-state index contributed by atoms with van der Waals surface area (Å²) in [5.41, 5.74) is 7.84. The van der Waals surface area contributed by atoms with Crippen LogP contribution in [0, 0.1) is 5.92 Å². The molecule has 3 N–H and O–H groups in total. The Morgan fingerprint density at radius 1 is 1.59 bits per heavy atom. The van der Waals surface area contributed by atoms with Crippen molar-refractivity contribution >= 4 is 5.91 Å². The second-order valence-corrected chi connectivity index (χ2v) is 4.62. The number of amides is 1. The second-order valence-electron chi connectivity index (χ2n) is 4.62. The Kier molecular flexibility index (Phi) is 4.69. The van der Waals surface area contributed by atoms with Crippen molar-refractivity contribution in [2.45, 2.75) is 39.8 Å². The van der Waals surface area contributed by atoms with Crippen molar-refractivity contribution in [1.82, 2.24) is 15.1 Å². The number of nitrogens with zero attached hydrogens (tertiary/aromatic N) is 2. The number of hydrogen-bond donors (Lipinski definition) is 2. The Morgan fingerprint density at radius 3 is 2.76 bits per heavy atom. The molecule has 1 amide bonds. The molecule has 0 unspecified atom stereocenters. The molecule has 0 saturated heterocycles. The largest absolute Gasteiger partial charge is 0.351 e. The molecular weight excluding hydrogens is 216 g/mol. The van der Waals surface area contributed by atoms with Gasteiger partial charge in [0.1, 0.15) is 0 Å². The summed E-state index contributed by atoms with van der Waals surface area (Å²) in [5, 5.41) is 7.17. The van der Waals surface area contributed by atoms with Gasteiger partial charge in [-0.2, -0.15) is 5.10 Å². The Hall–Kier alpha value is -1.36. The Balaban J connectivity index is 2.58. The van der Waals surface area contributed by atoms with E-state index in [1.807, 2.05) is 34.0 Å². The first-order chi connectivity index (χ1) is 7.95. The van der Waals surface area contributed by atoms with Gasteiger partial charge in [-0.3, -0.25) is 9.48 Å². The van der Waals surface area contributed by atoms with Crippen LogP contribution in [0.5, 0.6) is 0 Å². The molecule has 0 bridgehead atoms. The standard InChI is InChI=1S/C12H22N4O/c1-5-10-9(7-16(4)15-10)6-14-12(17)11(13)8(2)3/h7-8,11H,5-6,13H2,1-4H3,(H,14,17)/t11-/m0/s1. The molecule has 1 aromatic rings. The fraction of sp³-hybridized carbons (Fsp3) is 0.667. The lowest BCUT2D eigenvalue weighted by Gasteiger charge is -2.15. The zero-order chi connectivity index (χ0) is 13.0. The lowest BCUT2D eigenvalue weighted by molar-refractivity contribution is -0.123. The maximum atomic E-state index is 11.7. The minimum absolute atomic E-state index is 0.106. The number of aryl methyl sites for hydroxylation is 2. The van der Waals surface area contributed by atoms with Gasteiger partial charge in [-0.25, -0.2) is 0 Å². The molecular formula is C12H22N4O. The summed E-state index contributed by atoms with van der Waals surface area (Å²) in [4.78, 5) is 11.7. The van der Waals surface area contributed by atoms with Crippen LogP contribution in [0.4, 0.5) is 0 Å². The molecule has 0 saturated carbocycles. The second kappa shape index (κ2) is 5.82. The van der Waals surface area contributed by atoms with E-state index in [2.05, 4.69) is 10.4 Å². The van der Waals surface area contributed by atoms with Crippen molar-refractivity contribution in [2.75, 3.05) is 0 Å². The summed E-state index contributed by atoms with van der Waals surface area (Å²) < 4.78 is 1.77. The molecule has 1 rings (SSSR count). The quantitative estimate of drug-likeness (QED) is 0.788. The molecule has 1 atom stereocenters. The van der Waals surface area contributed by atoms with Crippen LogP contribution in [-0.4, -0.2) is 21.7 Å². The average Bonchev–Trinajstić information content (AvgIpc) is 2.65. The monoisotopic (exact) mass is 238 g/mol. The Bertz CT molecular complexity index is 384. The van der Waals surface area contributed by atoms with E-state index in [4.69, 9.17) is 5.73 Å². The number of rotatable bonds is 5. The van der Waals surface area contributed by atoms with E-state index in [1.165, 1.54) is 0 Å². The first kappa shape index (κ1) is 13.7. The van der Waals surface area contributed by atoms with Crippen molar-refractivity contribution in [1.29, 1.82) is 0 Å². The lowest BCUT2D eigenvalue weighted by atomic mass is 10.0. The van der Waals surface area contributed by atoms with Gasteiger partial charge in [-0.05, 0) is 12.3 Å². The maximum Gasteiger partial charge on any atom is 0.237 e. The Labute approximate surface area is 102 Å². The highest BCUT2D eigenvalue weighted by Crippen LogP contribution is 2.07. The molecule has 96 valence electrons. The Morgan fingerprint density at radius 2 is 2.24 bits per heavy atom. The van der Waals surface area contributed by atoms with Crippen molar-refractivity contribution in [3.05, 3.63) is 17.5 Å². The van der Waals surface area contributed by atoms with Gasteiger partial charge in [0.25, 0.3) is 0 Å². The van der Waals surface area contributed by atoms with E-state index in [0.29, 0.717) is 6.54 Å².